The smallest absolute Gasteiger partial charge is 0.126 e. The minimum absolute atomic E-state index is 0.195. The number of hydrogen-bond donors (Lipinski definition) is 1. The monoisotopic (exact) mass is 249 g/mol. The maximum Gasteiger partial charge on any atom is 0.126 e. The fraction of sp³-hybridized carbons (Fsp3) is 0.786. The molecule has 0 bridgehead atoms. The highest BCUT2D eigenvalue weighted by molar-refractivity contribution is 5.13. The van der Waals surface area contributed by atoms with Crippen molar-refractivity contribution in [3.8, 4) is 0 Å². The molecule has 4 nitrogen and oxygen atoms in total. The second-order valence-electron chi connectivity index (χ2n) is 5.90. The van der Waals surface area contributed by atoms with Gasteiger partial charge in [-0.25, -0.2) is 4.98 Å². The molecule has 1 N–H and O–H groups in total. The average molecular weight is 249 g/mol. The number of aliphatic hydroxyl groups is 1. The molecule has 18 heavy (non-hydrogen) atoms. The second-order valence-corrected chi connectivity index (χ2v) is 5.90. The number of aliphatic hydroxyl groups excluding tert-OH is 1. The summed E-state index contributed by atoms with van der Waals surface area (Å²) in [6, 6.07) is 1.02. The molecule has 1 fully saturated rings. The summed E-state index contributed by atoms with van der Waals surface area (Å²) >= 11 is 0. The van der Waals surface area contributed by atoms with Crippen LogP contribution in [-0.4, -0.2) is 38.2 Å². The Morgan fingerprint density at radius 3 is 3.00 bits per heavy atom. The zero-order valence-electron chi connectivity index (χ0n) is 11.3. The summed E-state index contributed by atoms with van der Waals surface area (Å²) in [5.74, 6) is 1.18. The molecule has 1 aromatic heterocycles. The van der Waals surface area contributed by atoms with E-state index < -0.39 is 0 Å². The normalized spacial score (nSPS) is 28.9. The molecule has 1 saturated heterocycles. The summed E-state index contributed by atoms with van der Waals surface area (Å²) in [7, 11) is 0. The van der Waals surface area contributed by atoms with E-state index in [4.69, 9.17) is 0 Å². The Morgan fingerprint density at radius 2 is 2.22 bits per heavy atom. The van der Waals surface area contributed by atoms with Crippen molar-refractivity contribution >= 4 is 0 Å². The van der Waals surface area contributed by atoms with Gasteiger partial charge in [0.05, 0.1) is 18.7 Å². The lowest BCUT2D eigenvalue weighted by Crippen LogP contribution is -2.33. The molecule has 2 aliphatic rings. The number of likely N-dealkylation sites (tertiary alicyclic amines) is 1. The van der Waals surface area contributed by atoms with Gasteiger partial charge < -0.3 is 9.67 Å². The first-order valence-electron chi connectivity index (χ1n) is 7.15. The SMILES string of the molecule is CC(C)N1CCCC1c1ncc2n1CC(O)CC2. The Labute approximate surface area is 109 Å². The fourth-order valence-electron chi connectivity index (χ4n) is 3.40. The molecule has 2 aliphatic heterocycles. The van der Waals surface area contributed by atoms with Crippen LogP contribution in [0.15, 0.2) is 6.20 Å². The molecule has 0 aliphatic carbocycles. The van der Waals surface area contributed by atoms with E-state index in [1.54, 1.807) is 0 Å². The van der Waals surface area contributed by atoms with Crippen molar-refractivity contribution in [1.29, 1.82) is 0 Å². The van der Waals surface area contributed by atoms with E-state index in [0.717, 1.165) is 19.4 Å². The predicted molar refractivity (Wildman–Crippen MR) is 70.4 cm³/mol. The Kier molecular flexibility index (Phi) is 3.16. The summed E-state index contributed by atoms with van der Waals surface area (Å²) in [5.41, 5.74) is 1.30. The van der Waals surface area contributed by atoms with E-state index in [-0.39, 0.29) is 6.10 Å². The van der Waals surface area contributed by atoms with E-state index >= 15 is 0 Å². The Bertz CT molecular complexity index is 427. The lowest BCUT2D eigenvalue weighted by Gasteiger charge is -2.30. The second kappa shape index (κ2) is 4.67. The third kappa shape index (κ3) is 1.97. The van der Waals surface area contributed by atoms with Gasteiger partial charge >= 0.3 is 0 Å². The van der Waals surface area contributed by atoms with Gasteiger partial charge in [0.2, 0.25) is 0 Å². The lowest BCUT2D eigenvalue weighted by molar-refractivity contribution is 0.124. The first-order chi connectivity index (χ1) is 8.66. The first-order valence-corrected chi connectivity index (χ1v) is 7.15. The maximum absolute atomic E-state index is 9.85. The number of fused-ring (bicyclic) bond motifs is 1. The fourth-order valence-corrected chi connectivity index (χ4v) is 3.40. The third-order valence-corrected chi connectivity index (χ3v) is 4.35. The van der Waals surface area contributed by atoms with Gasteiger partial charge in [-0.05, 0) is 46.1 Å². The molecule has 3 heterocycles. The Balaban J connectivity index is 1.90. The average Bonchev–Trinajstić information content (AvgIpc) is 2.92. The number of hydrogen-bond acceptors (Lipinski definition) is 3. The van der Waals surface area contributed by atoms with Gasteiger partial charge in [-0.2, -0.15) is 0 Å². The van der Waals surface area contributed by atoms with Crippen molar-refractivity contribution in [3.63, 3.8) is 0 Å². The van der Waals surface area contributed by atoms with Gasteiger partial charge in [0, 0.05) is 17.9 Å². The standard InChI is InChI=1S/C14H23N3O/c1-10(2)16-7-3-4-13(16)14-15-8-11-5-6-12(18)9-17(11)14/h8,10,12-13,18H,3-7,9H2,1-2H3. The maximum atomic E-state index is 9.85. The Hall–Kier alpha value is -0.870. The summed E-state index contributed by atoms with van der Waals surface area (Å²) in [5, 5.41) is 9.85. The summed E-state index contributed by atoms with van der Waals surface area (Å²) in [4.78, 5) is 7.20. The molecule has 3 rings (SSSR count). The zero-order chi connectivity index (χ0) is 12.7. The van der Waals surface area contributed by atoms with Crippen molar-refractivity contribution in [2.45, 2.75) is 64.3 Å². The summed E-state index contributed by atoms with van der Waals surface area (Å²) in [6.07, 6.45) is 6.11. The van der Waals surface area contributed by atoms with Crippen LogP contribution in [0.5, 0.6) is 0 Å². The molecule has 1 aromatic rings. The van der Waals surface area contributed by atoms with Crippen molar-refractivity contribution in [2.24, 2.45) is 0 Å². The minimum atomic E-state index is -0.195. The van der Waals surface area contributed by atoms with Crippen LogP contribution in [0.1, 0.15) is 50.7 Å². The van der Waals surface area contributed by atoms with Crippen LogP contribution in [0.3, 0.4) is 0 Å². The van der Waals surface area contributed by atoms with Crippen LogP contribution in [0.4, 0.5) is 0 Å². The highest BCUT2D eigenvalue weighted by atomic mass is 16.3. The molecule has 0 radical (unpaired) electrons. The molecule has 0 amide bonds. The van der Waals surface area contributed by atoms with Gasteiger partial charge in [0.25, 0.3) is 0 Å². The topological polar surface area (TPSA) is 41.3 Å². The van der Waals surface area contributed by atoms with Crippen LogP contribution in [-0.2, 0) is 13.0 Å². The van der Waals surface area contributed by atoms with Crippen molar-refractivity contribution in [2.75, 3.05) is 6.54 Å². The largest absolute Gasteiger partial charge is 0.391 e. The summed E-state index contributed by atoms with van der Waals surface area (Å²) in [6.45, 7) is 6.42. The molecule has 100 valence electrons. The third-order valence-electron chi connectivity index (χ3n) is 4.35. The zero-order valence-corrected chi connectivity index (χ0v) is 11.3. The molecule has 0 saturated carbocycles. The number of rotatable bonds is 2. The van der Waals surface area contributed by atoms with Crippen LogP contribution >= 0.6 is 0 Å². The summed E-state index contributed by atoms with van der Waals surface area (Å²) < 4.78 is 2.26. The highest BCUT2D eigenvalue weighted by Gasteiger charge is 2.32. The van der Waals surface area contributed by atoms with Gasteiger partial charge in [-0.3, -0.25) is 4.90 Å². The van der Waals surface area contributed by atoms with Gasteiger partial charge in [0.1, 0.15) is 5.82 Å². The van der Waals surface area contributed by atoms with Gasteiger partial charge in [0.15, 0.2) is 0 Å². The van der Waals surface area contributed by atoms with E-state index in [2.05, 4.69) is 28.3 Å². The number of aryl methyl sites for hydroxylation is 1. The van der Waals surface area contributed by atoms with Crippen LogP contribution in [0.25, 0.3) is 0 Å². The van der Waals surface area contributed by atoms with Crippen molar-refractivity contribution < 1.29 is 5.11 Å². The molecule has 4 heteroatoms. The molecule has 0 spiro atoms. The minimum Gasteiger partial charge on any atom is -0.391 e. The van der Waals surface area contributed by atoms with E-state index in [9.17, 15) is 5.11 Å². The number of imidazole rings is 1. The number of aromatic nitrogens is 2. The lowest BCUT2D eigenvalue weighted by atomic mass is 10.1. The van der Waals surface area contributed by atoms with Crippen molar-refractivity contribution in [3.05, 3.63) is 17.7 Å². The van der Waals surface area contributed by atoms with Crippen LogP contribution < -0.4 is 0 Å². The molecule has 2 atom stereocenters. The highest BCUT2D eigenvalue weighted by Crippen LogP contribution is 2.34. The molecular formula is C14H23N3O. The Morgan fingerprint density at radius 1 is 1.39 bits per heavy atom. The molecule has 2 unspecified atom stereocenters. The van der Waals surface area contributed by atoms with Crippen LogP contribution in [0.2, 0.25) is 0 Å². The number of nitrogens with zero attached hydrogens (tertiary/aromatic N) is 3. The van der Waals surface area contributed by atoms with Gasteiger partial charge in [-0.1, -0.05) is 0 Å². The predicted octanol–water partition coefficient (Wildman–Crippen LogP) is 1.74. The van der Waals surface area contributed by atoms with Crippen LogP contribution in [0, 0.1) is 0 Å². The first kappa shape index (κ1) is 12.2. The van der Waals surface area contributed by atoms with E-state index in [1.165, 1.54) is 30.9 Å². The van der Waals surface area contributed by atoms with Crippen molar-refractivity contribution in [1.82, 2.24) is 14.5 Å². The molecular weight excluding hydrogens is 226 g/mol. The van der Waals surface area contributed by atoms with Gasteiger partial charge in [-0.15, -0.1) is 0 Å². The van der Waals surface area contributed by atoms with E-state index in [1.807, 2.05) is 6.20 Å². The quantitative estimate of drug-likeness (QED) is 0.868. The molecule has 0 aromatic carbocycles. The van der Waals surface area contributed by atoms with E-state index in [0.29, 0.717) is 12.1 Å².